The van der Waals surface area contributed by atoms with E-state index in [0.29, 0.717) is 18.4 Å². The molecule has 13 heteroatoms. The zero-order valence-corrected chi connectivity index (χ0v) is 30.6. The Balaban J connectivity index is 0.000000482. The molecule has 0 radical (unpaired) electrons. The fraction of sp³-hybridized carbons (Fsp3) is 0.839. The number of nitrogens with zero attached hydrogens (tertiary/aromatic N) is 3. The monoisotopic (exact) mass is 676 g/mol. The van der Waals surface area contributed by atoms with Gasteiger partial charge in [0, 0.05) is 24.6 Å². The number of carbonyl (C=O) groups is 1. The zero-order chi connectivity index (χ0) is 30.7. The van der Waals surface area contributed by atoms with Crippen molar-refractivity contribution < 1.29 is 23.7 Å². The van der Waals surface area contributed by atoms with Crippen molar-refractivity contribution in [1.29, 1.82) is 0 Å². The number of hydrogen-bond acceptors (Lipinski definition) is 8. The Morgan fingerprint density at radius 1 is 1.16 bits per heavy atom. The number of fused-ring (bicyclic) bond motifs is 1. The van der Waals surface area contributed by atoms with Crippen LogP contribution in [0.1, 0.15) is 118 Å². The topological polar surface area (TPSA) is 115 Å². The third kappa shape index (κ3) is 9.21. The van der Waals surface area contributed by atoms with Crippen molar-refractivity contribution in [3.63, 3.8) is 0 Å². The van der Waals surface area contributed by atoms with Gasteiger partial charge in [0.05, 0.1) is 23.4 Å². The molecule has 1 amide bonds. The summed E-state index contributed by atoms with van der Waals surface area (Å²) < 4.78 is 22.9. The molecule has 0 spiro atoms. The largest absolute Gasteiger partial charge is 0.390 e. The molecule has 0 bridgehead atoms. The van der Waals surface area contributed by atoms with Gasteiger partial charge in [-0.25, -0.2) is 9.46 Å². The van der Waals surface area contributed by atoms with Crippen molar-refractivity contribution in [1.82, 2.24) is 14.2 Å². The number of nitrogens with one attached hydrogen (secondary N) is 1. The van der Waals surface area contributed by atoms with E-state index in [9.17, 15) is 14.7 Å². The van der Waals surface area contributed by atoms with Crippen LogP contribution in [0.2, 0.25) is 0 Å². The third-order valence-corrected chi connectivity index (χ3v) is 11.5. The van der Waals surface area contributed by atoms with Crippen LogP contribution in [0.25, 0.3) is 0 Å². The van der Waals surface area contributed by atoms with Gasteiger partial charge in [0.2, 0.25) is 5.91 Å². The first-order valence-corrected chi connectivity index (χ1v) is 17.2. The van der Waals surface area contributed by atoms with E-state index < -0.39 is 20.4 Å². The molecule has 5 rings (SSSR count). The maximum atomic E-state index is 12.6. The van der Waals surface area contributed by atoms with Gasteiger partial charge in [0.15, 0.2) is 0 Å². The maximum absolute atomic E-state index is 12.6. The fourth-order valence-corrected chi connectivity index (χ4v) is 8.82. The van der Waals surface area contributed by atoms with Gasteiger partial charge in [-0.1, -0.05) is 59.8 Å². The smallest absolute Gasteiger partial charge is 0.351 e. The fourth-order valence-electron chi connectivity index (χ4n) is 6.89. The Morgan fingerprint density at radius 2 is 1.84 bits per heavy atom. The molecule has 1 aromatic rings. The van der Waals surface area contributed by atoms with Crippen molar-refractivity contribution in [2.24, 2.45) is 11.8 Å². The highest BCUT2D eigenvalue weighted by molar-refractivity contribution is 7.59. The standard InChI is InChI=1S/C22H35N4O5P.C9H18O.2H2S/c1-6-15-16(30-32-25(5)17-9-7-8-11-22(17,4)31-32)13-19(29-15)26-12-10-18(24-21(26)28)23-20(27)14(2)3;1-3-8-6-4-5-7-9(8,2)10;;/h10,12,14-17,19H,6-9,11,13H2,1-5H3,(H,23,24,27,28);8,10H,3-7H2,1-2H3;2*1H2/t15-,16?,17+,19-,22+,32?;8-,9-;;/m10../s1. The minimum atomic E-state index is -1.16. The summed E-state index contributed by atoms with van der Waals surface area (Å²) in [5, 5.41) is 12.5. The van der Waals surface area contributed by atoms with Crippen LogP contribution in [-0.2, 0) is 18.6 Å². The lowest BCUT2D eigenvalue weighted by molar-refractivity contribution is -0.118. The van der Waals surface area contributed by atoms with Gasteiger partial charge < -0.3 is 24.2 Å². The molecule has 4 aliphatic rings. The van der Waals surface area contributed by atoms with Crippen LogP contribution in [-0.4, -0.2) is 61.7 Å². The molecule has 10 nitrogen and oxygen atoms in total. The summed E-state index contributed by atoms with van der Waals surface area (Å²) in [5.41, 5.74) is -0.950. The van der Waals surface area contributed by atoms with Crippen LogP contribution in [0, 0.1) is 11.8 Å². The summed E-state index contributed by atoms with van der Waals surface area (Å²) in [6, 6.07) is 2.02. The maximum Gasteiger partial charge on any atom is 0.351 e. The Morgan fingerprint density at radius 3 is 2.41 bits per heavy atom. The molecule has 3 heterocycles. The quantitative estimate of drug-likeness (QED) is 0.320. The molecule has 2 saturated carbocycles. The average Bonchev–Trinajstić information content (AvgIpc) is 3.46. The lowest BCUT2D eigenvalue weighted by Gasteiger charge is -2.36. The first-order chi connectivity index (χ1) is 19.9. The van der Waals surface area contributed by atoms with Crippen molar-refractivity contribution in [2.45, 2.75) is 148 Å². The second kappa shape index (κ2) is 16.9. The summed E-state index contributed by atoms with van der Waals surface area (Å²) in [6.07, 6.45) is 12.7. The Bertz CT molecular complexity index is 1130. The third-order valence-electron chi connectivity index (χ3n) is 9.68. The molecule has 2 aliphatic heterocycles. The van der Waals surface area contributed by atoms with Gasteiger partial charge in [-0.05, 0) is 65.0 Å². The summed E-state index contributed by atoms with van der Waals surface area (Å²) in [6.45, 7) is 12.0. The first kappa shape index (κ1) is 39.5. The minimum Gasteiger partial charge on any atom is -0.390 e. The number of hydrogen-bond donors (Lipinski definition) is 2. The van der Waals surface area contributed by atoms with Crippen LogP contribution in [0.15, 0.2) is 17.1 Å². The number of rotatable bonds is 7. The Hall–Kier alpha value is -0.720. The molecule has 2 aliphatic carbocycles. The molecular formula is C31H57N4O6PS2. The Kier molecular flexibility index (Phi) is 15.2. The van der Waals surface area contributed by atoms with Crippen LogP contribution in [0.4, 0.5) is 5.82 Å². The van der Waals surface area contributed by atoms with E-state index in [2.05, 4.69) is 42.8 Å². The number of carbonyl (C=O) groups excluding carboxylic acids is 1. The van der Waals surface area contributed by atoms with E-state index in [4.69, 9.17) is 13.8 Å². The van der Waals surface area contributed by atoms with Gasteiger partial charge >= 0.3 is 5.69 Å². The molecular weight excluding hydrogens is 619 g/mol. The van der Waals surface area contributed by atoms with E-state index in [-0.39, 0.29) is 68.0 Å². The van der Waals surface area contributed by atoms with E-state index in [1.165, 1.54) is 36.7 Å². The van der Waals surface area contributed by atoms with Crippen LogP contribution in [0.5, 0.6) is 0 Å². The van der Waals surface area contributed by atoms with Crippen LogP contribution in [0.3, 0.4) is 0 Å². The minimum absolute atomic E-state index is 0. The highest BCUT2D eigenvalue weighted by Gasteiger charge is 2.53. The number of anilines is 1. The summed E-state index contributed by atoms with van der Waals surface area (Å²) >= 11 is 0. The number of likely N-dealkylation sites (N-methyl/N-ethyl adjacent to an activating group) is 1. The van der Waals surface area contributed by atoms with Crippen molar-refractivity contribution in [2.75, 3.05) is 12.4 Å². The summed E-state index contributed by atoms with van der Waals surface area (Å²) in [7, 11) is 0.934. The van der Waals surface area contributed by atoms with Crippen molar-refractivity contribution in [3.05, 3.63) is 22.7 Å². The first-order valence-electron chi connectivity index (χ1n) is 16.0. The van der Waals surface area contributed by atoms with Gasteiger partial charge in [-0.3, -0.25) is 9.36 Å². The number of ether oxygens (including phenoxy) is 1. The van der Waals surface area contributed by atoms with E-state index in [1.807, 2.05) is 6.92 Å². The van der Waals surface area contributed by atoms with E-state index >= 15 is 0 Å². The van der Waals surface area contributed by atoms with Gasteiger partial charge in [-0.15, -0.1) is 0 Å². The molecule has 2 saturated heterocycles. The highest BCUT2D eigenvalue weighted by Crippen LogP contribution is 2.60. The number of amides is 1. The molecule has 1 aromatic heterocycles. The second-order valence-corrected chi connectivity index (χ2v) is 14.7. The molecule has 0 aromatic carbocycles. The predicted octanol–water partition coefficient (Wildman–Crippen LogP) is 6.37. The molecule has 4 fully saturated rings. The number of aromatic nitrogens is 2. The molecule has 2 N–H and O–H groups in total. The van der Waals surface area contributed by atoms with Gasteiger partial charge in [0.1, 0.15) is 12.0 Å². The lowest BCUT2D eigenvalue weighted by atomic mass is 9.75. The molecule has 44 heavy (non-hydrogen) atoms. The molecule has 254 valence electrons. The predicted molar refractivity (Wildman–Crippen MR) is 186 cm³/mol. The second-order valence-electron chi connectivity index (χ2n) is 13.2. The van der Waals surface area contributed by atoms with E-state index in [0.717, 1.165) is 32.1 Å². The number of aliphatic hydroxyl groups is 1. The van der Waals surface area contributed by atoms with Crippen LogP contribution >= 0.6 is 35.5 Å². The average molecular weight is 677 g/mol. The molecule has 8 atom stereocenters. The van der Waals surface area contributed by atoms with Crippen molar-refractivity contribution in [3.8, 4) is 0 Å². The normalized spacial score (nSPS) is 35.1. The van der Waals surface area contributed by atoms with Gasteiger partial charge in [-0.2, -0.15) is 32.0 Å². The summed E-state index contributed by atoms with van der Waals surface area (Å²) in [4.78, 5) is 28.5. The highest BCUT2D eigenvalue weighted by atomic mass is 32.1. The van der Waals surface area contributed by atoms with Crippen molar-refractivity contribution >= 4 is 47.2 Å². The zero-order valence-electron chi connectivity index (χ0n) is 27.7. The SMILES string of the molecule is CC[C@H]1CCCC[C@]1(C)O.CC[C@H]1O[C@@H](n2ccc(NC(=O)C(C)C)nc2=O)CC1OP1O[C@@]2(C)CCCC[C@@H]2N1C.S.S. The Labute approximate surface area is 279 Å². The van der Waals surface area contributed by atoms with E-state index in [1.54, 1.807) is 26.1 Å². The van der Waals surface area contributed by atoms with Crippen LogP contribution < -0.4 is 11.0 Å². The van der Waals surface area contributed by atoms with Gasteiger partial charge in [0.25, 0.3) is 8.53 Å². The summed E-state index contributed by atoms with van der Waals surface area (Å²) in [5.74, 6) is 0.442. The molecule has 2 unspecified atom stereocenters. The lowest BCUT2D eigenvalue weighted by Crippen LogP contribution is -2.43.